The van der Waals surface area contributed by atoms with E-state index < -0.39 is 0 Å². The van der Waals surface area contributed by atoms with Gasteiger partial charge in [0.05, 0.1) is 5.56 Å². The van der Waals surface area contributed by atoms with Crippen LogP contribution in [0.3, 0.4) is 0 Å². The van der Waals surface area contributed by atoms with Crippen molar-refractivity contribution >= 4 is 0 Å². The van der Waals surface area contributed by atoms with Gasteiger partial charge >= 0.3 is 0 Å². The molecule has 2 rings (SSSR count). The van der Waals surface area contributed by atoms with Crippen molar-refractivity contribution in [3.63, 3.8) is 0 Å². The molecule has 0 radical (unpaired) electrons. The highest BCUT2D eigenvalue weighted by Gasteiger charge is 1.97. The van der Waals surface area contributed by atoms with Gasteiger partial charge in [0, 0.05) is 23.1 Å². The molecule has 1 nitrogen and oxygen atoms in total. The molecule has 1 heteroatoms. The maximum atomic E-state index is 9.10. The van der Waals surface area contributed by atoms with E-state index in [-0.39, 0.29) is 0 Å². The fraction of sp³-hybridized carbons (Fsp3) is 0.190. The highest BCUT2D eigenvalue weighted by molar-refractivity contribution is 5.55. The molecular formula is C21H17N. The third-order valence-electron chi connectivity index (χ3n) is 3.18. The van der Waals surface area contributed by atoms with Crippen LogP contribution in [0.1, 0.15) is 48.4 Å². The van der Waals surface area contributed by atoms with Crippen molar-refractivity contribution in [2.24, 2.45) is 0 Å². The van der Waals surface area contributed by atoms with Crippen LogP contribution in [0.5, 0.6) is 0 Å². The molecule has 22 heavy (non-hydrogen) atoms. The molecule has 0 spiro atoms. The summed E-state index contributed by atoms with van der Waals surface area (Å²) in [5, 5.41) is 9.10. The van der Waals surface area contributed by atoms with E-state index in [1.54, 1.807) is 6.07 Å². The van der Waals surface area contributed by atoms with Crippen molar-refractivity contribution in [1.82, 2.24) is 0 Å². The molecule has 0 fully saturated rings. The number of rotatable bonds is 2. The van der Waals surface area contributed by atoms with Gasteiger partial charge in [0.1, 0.15) is 6.07 Å². The van der Waals surface area contributed by atoms with E-state index >= 15 is 0 Å². The lowest BCUT2D eigenvalue weighted by atomic mass is 10.1. The molecule has 0 aliphatic rings. The van der Waals surface area contributed by atoms with E-state index in [2.05, 4.69) is 36.7 Å². The summed E-state index contributed by atoms with van der Waals surface area (Å²) in [6.45, 7) is 2.16. The van der Waals surface area contributed by atoms with E-state index in [1.165, 1.54) is 0 Å². The average Bonchev–Trinajstić information content (AvgIpc) is 2.58. The van der Waals surface area contributed by atoms with Crippen molar-refractivity contribution in [3.8, 4) is 29.8 Å². The fourth-order valence-electron chi connectivity index (χ4n) is 1.95. The van der Waals surface area contributed by atoms with Gasteiger partial charge < -0.3 is 0 Å². The zero-order valence-electron chi connectivity index (χ0n) is 12.7. The quantitative estimate of drug-likeness (QED) is 0.588. The van der Waals surface area contributed by atoms with Crippen molar-refractivity contribution in [2.75, 3.05) is 0 Å². The minimum atomic E-state index is 0.599. The minimum absolute atomic E-state index is 0.599. The maximum absolute atomic E-state index is 9.10. The lowest BCUT2D eigenvalue weighted by Crippen LogP contribution is -1.85. The zero-order valence-corrected chi connectivity index (χ0v) is 12.7. The highest BCUT2D eigenvalue weighted by Crippen LogP contribution is 2.09. The Morgan fingerprint density at radius 3 is 1.82 bits per heavy atom. The second-order valence-electron chi connectivity index (χ2n) is 4.86. The van der Waals surface area contributed by atoms with Gasteiger partial charge in [-0.25, -0.2) is 0 Å². The third kappa shape index (κ3) is 4.28. The molecule has 0 saturated heterocycles. The van der Waals surface area contributed by atoms with E-state index in [0.29, 0.717) is 5.56 Å². The van der Waals surface area contributed by atoms with Crippen LogP contribution in [-0.2, 0) is 0 Å². The second kappa shape index (κ2) is 8.36. The molecule has 0 aliphatic heterocycles. The van der Waals surface area contributed by atoms with Crippen LogP contribution in [0, 0.1) is 35.0 Å². The SMILES string of the molecule is CCCCC#Cc1ccccc1C#Cc1ccccc1C#N. The Hall–Kier alpha value is -2.95. The first kappa shape index (κ1) is 15.4. The topological polar surface area (TPSA) is 23.8 Å². The Balaban J connectivity index is 2.29. The summed E-state index contributed by atoms with van der Waals surface area (Å²) in [6.07, 6.45) is 3.19. The van der Waals surface area contributed by atoms with Crippen LogP contribution in [-0.4, -0.2) is 0 Å². The molecule has 0 unspecified atom stereocenters. The van der Waals surface area contributed by atoms with Gasteiger partial charge in [-0.05, 0) is 30.7 Å². The van der Waals surface area contributed by atoms with Gasteiger partial charge in [-0.15, -0.1) is 0 Å². The minimum Gasteiger partial charge on any atom is -0.192 e. The molecule has 0 bridgehead atoms. The number of unbranched alkanes of at least 4 members (excludes halogenated alkanes) is 2. The number of nitriles is 1. The highest BCUT2D eigenvalue weighted by atomic mass is 14.2. The molecule has 2 aromatic rings. The summed E-state index contributed by atoms with van der Waals surface area (Å²) in [4.78, 5) is 0. The Morgan fingerprint density at radius 2 is 1.27 bits per heavy atom. The summed E-state index contributed by atoms with van der Waals surface area (Å²) < 4.78 is 0. The first-order valence-corrected chi connectivity index (χ1v) is 7.44. The number of nitrogens with zero attached hydrogens (tertiary/aromatic N) is 1. The molecule has 0 aromatic heterocycles. The molecular weight excluding hydrogens is 266 g/mol. The normalized spacial score (nSPS) is 8.91. The maximum Gasteiger partial charge on any atom is 0.100 e. The first-order chi connectivity index (χ1) is 10.8. The second-order valence-corrected chi connectivity index (χ2v) is 4.86. The summed E-state index contributed by atoms with van der Waals surface area (Å²) in [5.41, 5.74) is 3.19. The number of hydrogen-bond donors (Lipinski definition) is 0. The predicted octanol–water partition coefficient (Wildman–Crippen LogP) is 4.50. The molecule has 106 valence electrons. The standard InChI is InChI=1S/C21H17N/c1-2-3-4-5-10-18-11-6-7-12-19(18)15-16-20-13-8-9-14-21(20)17-22/h6-9,11-14H,2-4H2,1H3. The monoisotopic (exact) mass is 283 g/mol. The van der Waals surface area contributed by atoms with Crippen LogP contribution in [0.25, 0.3) is 0 Å². The number of benzene rings is 2. The molecule has 0 amide bonds. The molecule has 2 aromatic carbocycles. The van der Waals surface area contributed by atoms with Crippen molar-refractivity contribution in [1.29, 1.82) is 5.26 Å². The Bertz CT molecular complexity index is 801. The van der Waals surface area contributed by atoms with Crippen LogP contribution in [0.2, 0.25) is 0 Å². The van der Waals surface area contributed by atoms with Gasteiger partial charge in [-0.2, -0.15) is 5.26 Å². The average molecular weight is 283 g/mol. The Kier molecular flexibility index (Phi) is 5.87. The van der Waals surface area contributed by atoms with Crippen LogP contribution in [0.4, 0.5) is 0 Å². The van der Waals surface area contributed by atoms with Gasteiger partial charge in [-0.3, -0.25) is 0 Å². The smallest absolute Gasteiger partial charge is 0.100 e. The van der Waals surface area contributed by atoms with E-state index in [0.717, 1.165) is 36.0 Å². The molecule has 0 atom stereocenters. The fourth-order valence-corrected chi connectivity index (χ4v) is 1.95. The zero-order chi connectivity index (χ0) is 15.6. The van der Waals surface area contributed by atoms with Gasteiger partial charge in [-0.1, -0.05) is 61.3 Å². The third-order valence-corrected chi connectivity index (χ3v) is 3.18. The molecule has 0 aliphatic carbocycles. The van der Waals surface area contributed by atoms with Crippen LogP contribution in [0.15, 0.2) is 48.5 Å². The lowest BCUT2D eigenvalue weighted by Gasteiger charge is -1.96. The van der Waals surface area contributed by atoms with Crippen molar-refractivity contribution < 1.29 is 0 Å². The van der Waals surface area contributed by atoms with Crippen LogP contribution < -0.4 is 0 Å². The van der Waals surface area contributed by atoms with E-state index in [9.17, 15) is 0 Å². The van der Waals surface area contributed by atoms with Crippen LogP contribution >= 0.6 is 0 Å². The van der Waals surface area contributed by atoms with Gasteiger partial charge in [0.15, 0.2) is 0 Å². The summed E-state index contributed by atoms with van der Waals surface area (Å²) in [7, 11) is 0. The van der Waals surface area contributed by atoms with Crippen molar-refractivity contribution in [3.05, 3.63) is 70.8 Å². The Labute approximate surface area is 132 Å². The van der Waals surface area contributed by atoms with Crippen molar-refractivity contribution in [2.45, 2.75) is 26.2 Å². The van der Waals surface area contributed by atoms with E-state index in [4.69, 9.17) is 5.26 Å². The van der Waals surface area contributed by atoms with E-state index in [1.807, 2.05) is 42.5 Å². The molecule has 0 saturated carbocycles. The van der Waals surface area contributed by atoms with Gasteiger partial charge in [0.25, 0.3) is 0 Å². The Morgan fingerprint density at radius 1 is 0.773 bits per heavy atom. The first-order valence-electron chi connectivity index (χ1n) is 7.44. The summed E-state index contributed by atoms with van der Waals surface area (Å²) in [5.74, 6) is 12.6. The molecule has 0 heterocycles. The molecule has 0 N–H and O–H groups in total. The number of hydrogen-bond acceptors (Lipinski definition) is 1. The largest absolute Gasteiger partial charge is 0.192 e. The van der Waals surface area contributed by atoms with Gasteiger partial charge in [0.2, 0.25) is 0 Å². The summed E-state index contributed by atoms with van der Waals surface area (Å²) in [6, 6.07) is 17.4. The predicted molar refractivity (Wildman–Crippen MR) is 90.0 cm³/mol. The lowest BCUT2D eigenvalue weighted by molar-refractivity contribution is 0.828. The summed E-state index contributed by atoms with van der Waals surface area (Å²) >= 11 is 0.